The van der Waals surface area contributed by atoms with Gasteiger partial charge in [0.25, 0.3) is 0 Å². The maximum Gasteiger partial charge on any atom is 0.243 e. The van der Waals surface area contributed by atoms with Crippen molar-refractivity contribution in [3.05, 3.63) is 18.2 Å². The number of benzene rings is 1. The molecule has 174 valence electrons. The van der Waals surface area contributed by atoms with Crippen LogP contribution in [0.5, 0.6) is 0 Å². The van der Waals surface area contributed by atoms with Gasteiger partial charge in [-0.2, -0.15) is 9.57 Å². The van der Waals surface area contributed by atoms with Crippen molar-refractivity contribution < 1.29 is 17.9 Å². The summed E-state index contributed by atoms with van der Waals surface area (Å²) in [7, 11) is -3.62. The van der Waals surface area contributed by atoms with Crippen LogP contribution in [0.3, 0.4) is 0 Å². The summed E-state index contributed by atoms with van der Waals surface area (Å²) in [6.07, 6.45) is 0. The molecule has 9 nitrogen and oxygen atoms in total. The van der Waals surface area contributed by atoms with Crippen molar-refractivity contribution in [3.63, 3.8) is 0 Å². The zero-order valence-corrected chi connectivity index (χ0v) is 20.4. The number of hydrogen-bond donors (Lipinski definition) is 1. The number of hydrogen-bond acceptors (Lipinski definition) is 7. The van der Waals surface area contributed by atoms with Gasteiger partial charge in [0.05, 0.1) is 41.0 Å². The Balaban J connectivity index is 1.81. The molecular formula is C21H29N5O4S2. The van der Waals surface area contributed by atoms with E-state index in [-0.39, 0.29) is 22.5 Å². The number of aromatic nitrogens is 2. The highest BCUT2D eigenvalue weighted by atomic mass is 32.2. The Labute approximate surface area is 193 Å². The van der Waals surface area contributed by atoms with E-state index in [0.29, 0.717) is 43.5 Å². The van der Waals surface area contributed by atoms with Crippen LogP contribution < -0.4 is 5.32 Å². The fourth-order valence-corrected chi connectivity index (χ4v) is 5.66. The molecule has 1 saturated heterocycles. The molecule has 1 aliphatic heterocycles. The average molecular weight is 480 g/mol. The molecule has 32 heavy (non-hydrogen) atoms. The van der Waals surface area contributed by atoms with Crippen LogP contribution in [0.25, 0.3) is 11.0 Å². The number of aryl methyl sites for hydroxylation is 1. The number of morpholine rings is 1. The topological polar surface area (TPSA) is 117 Å². The smallest absolute Gasteiger partial charge is 0.243 e. The monoisotopic (exact) mass is 479 g/mol. The quantitative estimate of drug-likeness (QED) is 0.577. The van der Waals surface area contributed by atoms with Gasteiger partial charge in [-0.25, -0.2) is 13.4 Å². The van der Waals surface area contributed by atoms with Gasteiger partial charge in [0.1, 0.15) is 5.54 Å². The van der Waals surface area contributed by atoms with Gasteiger partial charge in [0.2, 0.25) is 15.9 Å². The van der Waals surface area contributed by atoms with Crippen LogP contribution in [0.4, 0.5) is 0 Å². The Morgan fingerprint density at radius 1 is 1.38 bits per heavy atom. The zero-order chi connectivity index (χ0) is 23.5. The molecule has 1 aromatic heterocycles. The van der Waals surface area contributed by atoms with E-state index >= 15 is 0 Å². The van der Waals surface area contributed by atoms with Crippen LogP contribution in [0, 0.1) is 17.2 Å². The molecule has 2 heterocycles. The van der Waals surface area contributed by atoms with E-state index in [2.05, 4.69) is 16.4 Å². The third-order valence-electron chi connectivity index (χ3n) is 5.73. The van der Waals surface area contributed by atoms with Gasteiger partial charge < -0.3 is 14.6 Å². The second kappa shape index (κ2) is 9.79. The molecule has 1 aromatic carbocycles. The molecule has 2 aromatic rings. The number of nitriles is 1. The summed E-state index contributed by atoms with van der Waals surface area (Å²) < 4.78 is 34.6. The second-order valence-corrected chi connectivity index (χ2v) is 11.0. The van der Waals surface area contributed by atoms with Crippen LogP contribution in [0.2, 0.25) is 0 Å². The first kappa shape index (κ1) is 24.5. The third-order valence-corrected chi connectivity index (χ3v) is 8.60. The molecule has 0 unspecified atom stereocenters. The fraction of sp³-hybridized carbons (Fsp3) is 0.571. The van der Waals surface area contributed by atoms with E-state index in [1.165, 1.54) is 16.1 Å². The number of sulfonamides is 1. The lowest BCUT2D eigenvalue weighted by Crippen LogP contribution is -2.49. The molecule has 1 N–H and O–H groups in total. The van der Waals surface area contributed by atoms with E-state index in [9.17, 15) is 18.5 Å². The van der Waals surface area contributed by atoms with Gasteiger partial charge in [-0.15, -0.1) is 0 Å². The number of carbonyl (C=O) groups is 1. The van der Waals surface area contributed by atoms with E-state index in [1.807, 2.05) is 25.3 Å². The summed E-state index contributed by atoms with van der Waals surface area (Å²) in [6, 6.07) is 7.11. The molecule has 1 atom stereocenters. The maximum atomic E-state index is 13.0. The van der Waals surface area contributed by atoms with Crippen LogP contribution >= 0.6 is 11.8 Å². The minimum absolute atomic E-state index is 0.0338. The molecule has 0 aliphatic carbocycles. The predicted molar refractivity (Wildman–Crippen MR) is 123 cm³/mol. The minimum Gasteiger partial charge on any atom is -0.379 e. The Hall–Kier alpha value is -2.13. The molecule has 1 fully saturated rings. The number of nitrogens with one attached hydrogen (secondary N) is 1. The van der Waals surface area contributed by atoms with E-state index in [4.69, 9.17) is 4.74 Å². The number of thioether (sulfide) groups is 1. The number of ether oxygens (including phenoxy) is 1. The second-order valence-electron chi connectivity index (χ2n) is 8.11. The molecule has 3 rings (SSSR count). The van der Waals surface area contributed by atoms with Crippen molar-refractivity contribution in [1.82, 2.24) is 19.2 Å². The first-order valence-electron chi connectivity index (χ1n) is 10.6. The number of imidazole rings is 1. The molecular weight excluding hydrogens is 450 g/mol. The van der Waals surface area contributed by atoms with Crippen molar-refractivity contribution in [2.24, 2.45) is 5.92 Å². The Kier molecular flexibility index (Phi) is 7.50. The fourth-order valence-electron chi connectivity index (χ4n) is 3.36. The van der Waals surface area contributed by atoms with Gasteiger partial charge in [-0.1, -0.05) is 25.6 Å². The molecule has 0 spiro atoms. The first-order chi connectivity index (χ1) is 15.1. The Morgan fingerprint density at radius 2 is 2.06 bits per heavy atom. The first-order valence-corrected chi connectivity index (χ1v) is 13.0. The average Bonchev–Trinajstić information content (AvgIpc) is 3.14. The minimum atomic E-state index is -3.62. The zero-order valence-electron chi connectivity index (χ0n) is 18.8. The number of carbonyl (C=O) groups excluding carboxylic acids is 1. The van der Waals surface area contributed by atoms with Gasteiger partial charge in [0.15, 0.2) is 5.16 Å². The highest BCUT2D eigenvalue weighted by Gasteiger charge is 2.30. The number of rotatable bonds is 8. The van der Waals surface area contributed by atoms with Gasteiger partial charge in [-0.05, 0) is 38.0 Å². The SMILES string of the molecule is CCn1c(SCC(=O)N[C@](C)(C#N)C(C)C)nc2cc(S(=O)(=O)N3CCOCC3)ccc21. The number of nitrogens with zero attached hydrogens (tertiary/aromatic N) is 4. The van der Waals surface area contributed by atoms with Crippen molar-refractivity contribution in [1.29, 1.82) is 5.26 Å². The summed E-state index contributed by atoms with van der Waals surface area (Å²) in [6.45, 7) is 9.50. The molecule has 11 heteroatoms. The largest absolute Gasteiger partial charge is 0.379 e. The predicted octanol–water partition coefficient (Wildman–Crippen LogP) is 2.22. The summed E-state index contributed by atoms with van der Waals surface area (Å²) in [5, 5.41) is 12.8. The van der Waals surface area contributed by atoms with Crippen molar-refractivity contribution >= 4 is 38.7 Å². The molecule has 0 saturated carbocycles. The molecule has 0 radical (unpaired) electrons. The van der Waals surface area contributed by atoms with Crippen LogP contribution in [-0.4, -0.2) is 65.8 Å². The van der Waals surface area contributed by atoms with Crippen LogP contribution in [-0.2, 0) is 26.1 Å². The van der Waals surface area contributed by atoms with Gasteiger partial charge >= 0.3 is 0 Å². The lowest BCUT2D eigenvalue weighted by molar-refractivity contribution is -0.120. The van der Waals surface area contributed by atoms with Crippen molar-refractivity contribution in [3.8, 4) is 6.07 Å². The van der Waals surface area contributed by atoms with E-state index in [1.54, 1.807) is 25.1 Å². The third kappa shape index (κ3) is 4.93. The maximum absolute atomic E-state index is 13.0. The summed E-state index contributed by atoms with van der Waals surface area (Å²) in [5.41, 5.74) is 0.430. The van der Waals surface area contributed by atoms with E-state index in [0.717, 1.165) is 5.52 Å². The molecule has 1 amide bonds. The normalized spacial score (nSPS) is 17.2. The van der Waals surface area contributed by atoms with Crippen LogP contribution in [0.15, 0.2) is 28.3 Å². The summed E-state index contributed by atoms with van der Waals surface area (Å²) >= 11 is 1.26. The highest BCUT2D eigenvalue weighted by molar-refractivity contribution is 7.99. The standard InChI is InChI=1S/C21H29N5O4S2/c1-5-26-18-7-6-16(32(28,29)25-8-10-30-11-9-25)12-17(18)23-20(26)31-13-19(27)24-21(4,14-22)15(2)3/h6-7,12,15H,5,8-11,13H2,1-4H3,(H,24,27)/t21-/m1/s1. The lowest BCUT2D eigenvalue weighted by Gasteiger charge is -2.27. The van der Waals surface area contributed by atoms with E-state index < -0.39 is 15.6 Å². The number of amides is 1. The number of fused-ring (bicyclic) bond motifs is 1. The van der Waals surface area contributed by atoms with Gasteiger partial charge in [-0.3, -0.25) is 4.79 Å². The highest BCUT2D eigenvalue weighted by Crippen LogP contribution is 2.28. The summed E-state index contributed by atoms with van der Waals surface area (Å²) in [4.78, 5) is 17.3. The summed E-state index contributed by atoms with van der Waals surface area (Å²) in [5.74, 6) is -0.182. The molecule has 0 bridgehead atoms. The van der Waals surface area contributed by atoms with Gasteiger partial charge in [0, 0.05) is 19.6 Å². The van der Waals surface area contributed by atoms with Crippen LogP contribution in [0.1, 0.15) is 27.7 Å². The lowest BCUT2D eigenvalue weighted by atomic mass is 9.90. The molecule has 1 aliphatic rings. The Morgan fingerprint density at radius 3 is 2.66 bits per heavy atom. The Bertz CT molecular complexity index is 1130. The van der Waals surface area contributed by atoms with Crippen molar-refractivity contribution in [2.75, 3.05) is 32.1 Å². The van der Waals surface area contributed by atoms with Crippen molar-refractivity contribution in [2.45, 2.75) is 49.8 Å².